The highest BCUT2D eigenvalue weighted by Gasteiger charge is 2.19. The number of methoxy groups -OCH3 is 1. The van der Waals surface area contributed by atoms with Crippen LogP contribution in [0.4, 0.5) is 4.79 Å². The molecule has 0 saturated heterocycles. The summed E-state index contributed by atoms with van der Waals surface area (Å²) in [5.41, 5.74) is 0.989. The van der Waals surface area contributed by atoms with E-state index in [1.54, 1.807) is 21.1 Å². The third-order valence-electron chi connectivity index (χ3n) is 3.08. The van der Waals surface area contributed by atoms with E-state index in [4.69, 9.17) is 9.84 Å². The molecule has 0 fully saturated rings. The molecule has 2 amide bonds. The van der Waals surface area contributed by atoms with Crippen molar-refractivity contribution in [1.29, 1.82) is 0 Å². The first-order chi connectivity index (χ1) is 9.10. The Bertz CT molecular complexity index is 384. The highest BCUT2D eigenvalue weighted by atomic mass is 16.5. The van der Waals surface area contributed by atoms with E-state index in [9.17, 15) is 4.79 Å². The minimum absolute atomic E-state index is 0.0653. The van der Waals surface area contributed by atoms with Gasteiger partial charge in [0.25, 0.3) is 0 Å². The van der Waals surface area contributed by atoms with Gasteiger partial charge in [-0.05, 0) is 12.5 Å². The number of carbonyl (C=O) groups is 1. The van der Waals surface area contributed by atoms with Crippen LogP contribution in [0.3, 0.4) is 0 Å². The van der Waals surface area contributed by atoms with E-state index in [1.807, 2.05) is 30.3 Å². The molecule has 1 aromatic carbocycles. The average molecular weight is 266 g/mol. The number of amides is 2. The van der Waals surface area contributed by atoms with E-state index in [1.165, 1.54) is 4.90 Å². The van der Waals surface area contributed by atoms with Gasteiger partial charge in [0.15, 0.2) is 0 Å². The second kappa shape index (κ2) is 7.76. The molecule has 1 rings (SSSR count). The van der Waals surface area contributed by atoms with Crippen molar-refractivity contribution >= 4 is 6.03 Å². The van der Waals surface area contributed by atoms with Gasteiger partial charge in [-0.15, -0.1) is 0 Å². The number of aliphatic hydroxyl groups excluding tert-OH is 1. The van der Waals surface area contributed by atoms with E-state index in [2.05, 4.69) is 5.32 Å². The molecule has 0 saturated carbocycles. The molecule has 0 aliphatic heterocycles. The fraction of sp³-hybridized carbons (Fsp3) is 0.500. The van der Waals surface area contributed by atoms with Gasteiger partial charge in [-0.2, -0.15) is 0 Å². The Balaban J connectivity index is 2.71. The highest BCUT2D eigenvalue weighted by molar-refractivity contribution is 5.74. The number of rotatable bonds is 6. The molecular formula is C14H22N2O3. The Labute approximate surface area is 114 Å². The molecule has 0 aliphatic carbocycles. The van der Waals surface area contributed by atoms with Crippen LogP contribution >= 0.6 is 0 Å². The predicted octanol–water partition coefficient (Wildman–Crippen LogP) is 1.40. The summed E-state index contributed by atoms with van der Waals surface area (Å²) < 4.78 is 5.14. The Morgan fingerprint density at radius 1 is 1.42 bits per heavy atom. The normalized spacial score (nSPS) is 13.7. The summed E-state index contributed by atoms with van der Waals surface area (Å²) >= 11 is 0. The Kier molecular flexibility index (Phi) is 6.32. The van der Waals surface area contributed by atoms with Crippen molar-refractivity contribution in [3.05, 3.63) is 35.9 Å². The maximum absolute atomic E-state index is 12.1. The minimum Gasteiger partial charge on any atom is -0.394 e. The van der Waals surface area contributed by atoms with Crippen LogP contribution in [-0.4, -0.2) is 49.5 Å². The molecule has 5 nitrogen and oxygen atoms in total. The van der Waals surface area contributed by atoms with E-state index in [0.717, 1.165) is 5.56 Å². The third-order valence-corrected chi connectivity index (χ3v) is 3.08. The second-order valence-corrected chi connectivity index (χ2v) is 4.51. The molecule has 0 spiro atoms. The summed E-state index contributed by atoms with van der Waals surface area (Å²) in [6.07, 6.45) is 0. The molecule has 0 heterocycles. The number of likely N-dealkylation sites (N-methyl/N-ethyl adjacent to an activating group) is 1. The lowest BCUT2D eigenvalue weighted by atomic mass is 10.1. The zero-order valence-corrected chi connectivity index (χ0v) is 11.7. The van der Waals surface area contributed by atoms with Gasteiger partial charge in [0.05, 0.1) is 25.3 Å². The fourth-order valence-electron chi connectivity index (χ4n) is 1.65. The summed E-state index contributed by atoms with van der Waals surface area (Å²) in [4.78, 5) is 13.5. The topological polar surface area (TPSA) is 61.8 Å². The van der Waals surface area contributed by atoms with E-state index >= 15 is 0 Å². The van der Waals surface area contributed by atoms with Gasteiger partial charge in [-0.25, -0.2) is 4.79 Å². The molecule has 2 atom stereocenters. The molecule has 0 aromatic heterocycles. The SMILES string of the molecule is COCC(NC(=O)N(C)C(C)CO)c1ccccc1. The van der Waals surface area contributed by atoms with Gasteiger partial charge in [-0.3, -0.25) is 0 Å². The first-order valence-electron chi connectivity index (χ1n) is 6.28. The molecule has 106 valence electrons. The van der Waals surface area contributed by atoms with Crippen molar-refractivity contribution in [2.45, 2.75) is 19.0 Å². The number of carbonyl (C=O) groups excluding carboxylic acids is 1. The van der Waals surface area contributed by atoms with Crippen molar-refractivity contribution < 1.29 is 14.6 Å². The highest BCUT2D eigenvalue weighted by Crippen LogP contribution is 2.13. The van der Waals surface area contributed by atoms with Crippen molar-refractivity contribution in [1.82, 2.24) is 10.2 Å². The third kappa shape index (κ3) is 4.54. The zero-order valence-electron chi connectivity index (χ0n) is 11.7. The van der Waals surface area contributed by atoms with Crippen LogP contribution in [0.1, 0.15) is 18.5 Å². The number of ether oxygens (including phenoxy) is 1. The smallest absolute Gasteiger partial charge is 0.318 e. The Morgan fingerprint density at radius 2 is 2.05 bits per heavy atom. The Morgan fingerprint density at radius 3 is 2.58 bits per heavy atom. The van der Waals surface area contributed by atoms with Crippen LogP contribution < -0.4 is 5.32 Å². The molecule has 2 unspecified atom stereocenters. The van der Waals surface area contributed by atoms with Crippen molar-refractivity contribution in [2.75, 3.05) is 27.4 Å². The second-order valence-electron chi connectivity index (χ2n) is 4.51. The van der Waals surface area contributed by atoms with Crippen LogP contribution in [-0.2, 0) is 4.74 Å². The van der Waals surface area contributed by atoms with E-state index < -0.39 is 0 Å². The first kappa shape index (κ1) is 15.5. The van der Waals surface area contributed by atoms with Crippen molar-refractivity contribution in [3.8, 4) is 0 Å². The number of nitrogens with zero attached hydrogens (tertiary/aromatic N) is 1. The molecule has 5 heteroatoms. The van der Waals surface area contributed by atoms with Crippen LogP contribution in [0.2, 0.25) is 0 Å². The van der Waals surface area contributed by atoms with Crippen molar-refractivity contribution in [2.24, 2.45) is 0 Å². The van der Waals surface area contributed by atoms with Gasteiger partial charge in [-0.1, -0.05) is 30.3 Å². The van der Waals surface area contributed by atoms with Gasteiger partial charge in [0, 0.05) is 14.2 Å². The Hall–Kier alpha value is -1.59. The molecule has 2 N–H and O–H groups in total. The molecule has 0 bridgehead atoms. The number of aliphatic hydroxyl groups is 1. The van der Waals surface area contributed by atoms with Crippen molar-refractivity contribution in [3.63, 3.8) is 0 Å². The van der Waals surface area contributed by atoms with Gasteiger partial charge >= 0.3 is 6.03 Å². The fourth-order valence-corrected chi connectivity index (χ4v) is 1.65. The van der Waals surface area contributed by atoms with Gasteiger partial charge in [0.1, 0.15) is 0 Å². The number of hydrogen-bond acceptors (Lipinski definition) is 3. The zero-order chi connectivity index (χ0) is 14.3. The minimum atomic E-state index is -0.229. The molecular weight excluding hydrogens is 244 g/mol. The number of nitrogens with one attached hydrogen (secondary N) is 1. The maximum Gasteiger partial charge on any atom is 0.318 e. The van der Waals surface area contributed by atoms with Gasteiger partial charge < -0.3 is 20.1 Å². The summed E-state index contributed by atoms with van der Waals surface area (Å²) in [5, 5.41) is 12.0. The molecule has 0 aliphatic rings. The molecule has 0 radical (unpaired) electrons. The van der Waals surface area contributed by atoms with E-state index in [-0.39, 0.29) is 24.7 Å². The number of benzene rings is 1. The van der Waals surface area contributed by atoms with Crippen LogP contribution in [0.15, 0.2) is 30.3 Å². The number of hydrogen-bond donors (Lipinski definition) is 2. The lowest BCUT2D eigenvalue weighted by Gasteiger charge is -2.27. The largest absolute Gasteiger partial charge is 0.394 e. The lowest BCUT2D eigenvalue weighted by Crippen LogP contribution is -2.45. The quantitative estimate of drug-likeness (QED) is 0.818. The summed E-state index contributed by atoms with van der Waals surface area (Å²) in [5.74, 6) is 0. The molecule has 1 aromatic rings. The lowest BCUT2D eigenvalue weighted by molar-refractivity contribution is 0.139. The standard InChI is InChI=1S/C14H22N2O3/c1-11(9-17)16(2)14(18)15-13(10-19-3)12-7-5-4-6-8-12/h4-8,11,13,17H,9-10H2,1-3H3,(H,15,18). The maximum atomic E-state index is 12.1. The first-order valence-corrected chi connectivity index (χ1v) is 6.28. The molecule has 19 heavy (non-hydrogen) atoms. The average Bonchev–Trinajstić information content (AvgIpc) is 2.46. The van der Waals surface area contributed by atoms with E-state index in [0.29, 0.717) is 6.61 Å². The summed E-state index contributed by atoms with van der Waals surface area (Å²) in [6, 6.07) is 9.00. The summed E-state index contributed by atoms with van der Waals surface area (Å²) in [6.45, 7) is 2.12. The number of urea groups is 1. The van der Waals surface area contributed by atoms with Crippen LogP contribution in [0, 0.1) is 0 Å². The van der Waals surface area contributed by atoms with Crippen LogP contribution in [0.25, 0.3) is 0 Å². The van der Waals surface area contributed by atoms with Crippen LogP contribution in [0.5, 0.6) is 0 Å². The predicted molar refractivity (Wildman–Crippen MR) is 73.9 cm³/mol. The summed E-state index contributed by atoms with van der Waals surface area (Å²) in [7, 11) is 3.26. The van der Waals surface area contributed by atoms with Gasteiger partial charge in [0.2, 0.25) is 0 Å². The monoisotopic (exact) mass is 266 g/mol.